The summed E-state index contributed by atoms with van der Waals surface area (Å²) in [5.41, 5.74) is 10.9. The van der Waals surface area contributed by atoms with Gasteiger partial charge in [0.15, 0.2) is 11.5 Å². The van der Waals surface area contributed by atoms with E-state index in [1.807, 2.05) is 142 Å². The van der Waals surface area contributed by atoms with Crippen LogP contribution in [0.2, 0.25) is 0 Å². The van der Waals surface area contributed by atoms with Crippen LogP contribution in [-0.4, -0.2) is 161 Å². The van der Waals surface area contributed by atoms with Crippen LogP contribution in [0.5, 0.6) is 0 Å². The van der Waals surface area contributed by atoms with Crippen LogP contribution in [0.1, 0.15) is 105 Å². The number of ketones is 2. The monoisotopic (exact) mass is 1220 g/mol. The Hall–Kier alpha value is -9.71. The molecule has 3 amide bonds. The van der Waals surface area contributed by atoms with Gasteiger partial charge in [0.1, 0.15) is 16.8 Å². The standard InChI is InChI=1S/C31H38N4O6.C21H22N4O2.C13H19N3O5/c1-30(2,3)40-28(37)33-24-13-12-22(21-10-8-7-9-11-21)18-23(24)19-25(36)26-20-32-27(39-26)34-14-16-35(17-15-34)29(38)41-31(4,5)6;22-18-7-6-16(15-4-2-1-3-5-15)12-17(18)13-19(26)20-14-24-21(27-20)25-10-8-23-9-11-25;1-13(2,3)21-12(19)16-6-4-15(5-7-16)11-14-8-9(20-11)10(17)18/h7-13,18,20H,14-17,19H2,1-6H3,(H,33,37);1-7,12,14,23H,8-11,13,22H2;8H,4-7H2,1-3H3,(H,17,18). The fourth-order valence-corrected chi connectivity index (χ4v) is 9.43. The van der Waals surface area contributed by atoms with E-state index in [2.05, 4.69) is 25.6 Å². The molecule has 3 aliphatic rings. The number of hydrogen-bond acceptors (Lipinski definition) is 20. The third-order valence-electron chi connectivity index (χ3n) is 13.8. The molecular weight excluding hydrogens is 1140 g/mol. The van der Waals surface area contributed by atoms with Gasteiger partial charge in [-0.25, -0.2) is 34.1 Å². The molecule has 24 nitrogen and oxygen atoms in total. The van der Waals surface area contributed by atoms with Gasteiger partial charge in [0.2, 0.25) is 17.3 Å². The van der Waals surface area contributed by atoms with Crippen molar-refractivity contribution in [2.24, 2.45) is 0 Å². The average Bonchev–Trinajstić information content (AvgIpc) is 2.99. The van der Waals surface area contributed by atoms with E-state index in [0.717, 1.165) is 54.0 Å². The van der Waals surface area contributed by atoms with E-state index >= 15 is 0 Å². The van der Waals surface area contributed by atoms with Crippen molar-refractivity contribution in [3.63, 3.8) is 0 Å². The Bertz CT molecular complexity index is 3540. The van der Waals surface area contributed by atoms with Crippen molar-refractivity contribution in [3.8, 4) is 22.3 Å². The number of nitrogens with zero attached hydrogens (tertiary/aromatic N) is 8. The van der Waals surface area contributed by atoms with Crippen LogP contribution in [-0.2, 0) is 27.1 Å². The number of Topliss-reactive ketones (excluding diaryl/α,β-unsaturated/α-hetero) is 2. The van der Waals surface area contributed by atoms with Gasteiger partial charge in [-0.2, -0.15) is 0 Å². The van der Waals surface area contributed by atoms with Gasteiger partial charge in [0.05, 0.1) is 18.6 Å². The lowest BCUT2D eigenvalue weighted by molar-refractivity contribution is 0.0228. The summed E-state index contributed by atoms with van der Waals surface area (Å²) >= 11 is 0. The summed E-state index contributed by atoms with van der Waals surface area (Å²) in [5, 5.41) is 14.9. The number of carboxylic acids is 1. The molecule has 0 aliphatic carbocycles. The molecule has 89 heavy (non-hydrogen) atoms. The molecule has 5 N–H and O–H groups in total. The first-order valence-corrected chi connectivity index (χ1v) is 29.4. The normalized spacial score (nSPS) is 14.6. The van der Waals surface area contributed by atoms with E-state index in [0.29, 0.717) is 81.3 Å². The number of benzene rings is 4. The van der Waals surface area contributed by atoms with E-state index in [4.69, 9.17) is 38.3 Å². The van der Waals surface area contributed by atoms with Crippen molar-refractivity contribution in [3.05, 3.63) is 144 Å². The van der Waals surface area contributed by atoms with Crippen molar-refractivity contribution < 1.29 is 61.3 Å². The number of piperazine rings is 3. The Balaban J connectivity index is 0.000000184. The Morgan fingerprint density at radius 3 is 1.33 bits per heavy atom. The number of oxazole rings is 3. The zero-order chi connectivity index (χ0) is 64.0. The molecule has 4 aromatic carbocycles. The second-order valence-electron chi connectivity index (χ2n) is 24.3. The van der Waals surface area contributed by atoms with Crippen LogP contribution in [0.4, 0.5) is 43.8 Å². The van der Waals surface area contributed by atoms with Crippen molar-refractivity contribution in [2.75, 3.05) is 104 Å². The molecule has 0 radical (unpaired) electrons. The maximum absolute atomic E-state index is 13.3. The molecule has 24 heteroatoms. The number of ether oxygens (including phenoxy) is 3. The maximum atomic E-state index is 13.3. The molecule has 3 saturated heterocycles. The predicted octanol–water partition coefficient (Wildman–Crippen LogP) is 10.4. The molecule has 0 saturated carbocycles. The highest BCUT2D eigenvalue weighted by molar-refractivity contribution is 5.98. The number of anilines is 5. The molecule has 0 bridgehead atoms. The third-order valence-corrected chi connectivity index (χ3v) is 13.8. The fraction of sp³-hybridized carbons (Fsp3) is 0.400. The van der Waals surface area contributed by atoms with Crippen LogP contribution < -0.4 is 31.1 Å². The molecule has 6 heterocycles. The Morgan fingerprint density at radius 1 is 0.506 bits per heavy atom. The molecule has 3 fully saturated rings. The predicted molar refractivity (Wildman–Crippen MR) is 336 cm³/mol. The first-order chi connectivity index (χ1) is 42.2. The number of hydrogen-bond donors (Lipinski definition) is 4. The summed E-state index contributed by atoms with van der Waals surface area (Å²) in [6.45, 7) is 23.6. The number of carboxylic acid groups (broad SMARTS) is 1. The zero-order valence-corrected chi connectivity index (χ0v) is 51.9. The van der Waals surface area contributed by atoms with E-state index in [1.165, 1.54) is 18.6 Å². The molecular formula is C65H79N11O13. The average molecular weight is 1220 g/mol. The van der Waals surface area contributed by atoms with Crippen LogP contribution >= 0.6 is 0 Å². The lowest BCUT2D eigenvalue weighted by Gasteiger charge is -2.34. The minimum Gasteiger partial charge on any atom is -0.475 e. The largest absolute Gasteiger partial charge is 0.475 e. The van der Waals surface area contributed by atoms with Crippen molar-refractivity contribution in [2.45, 2.75) is 92.0 Å². The van der Waals surface area contributed by atoms with Crippen LogP contribution in [0.3, 0.4) is 0 Å². The topological polar surface area (TPSA) is 295 Å². The number of carbonyl (C=O) groups is 6. The van der Waals surface area contributed by atoms with Crippen LogP contribution in [0.15, 0.2) is 129 Å². The van der Waals surface area contributed by atoms with Crippen LogP contribution in [0.25, 0.3) is 22.3 Å². The van der Waals surface area contributed by atoms with Gasteiger partial charge in [-0.3, -0.25) is 14.9 Å². The highest BCUT2D eigenvalue weighted by Crippen LogP contribution is 2.30. The fourth-order valence-electron chi connectivity index (χ4n) is 9.43. The molecule has 472 valence electrons. The lowest BCUT2D eigenvalue weighted by Crippen LogP contribution is -2.50. The molecule has 0 spiro atoms. The van der Waals surface area contributed by atoms with Crippen molar-refractivity contribution in [1.82, 2.24) is 30.1 Å². The molecule has 0 atom stereocenters. The van der Waals surface area contributed by atoms with Gasteiger partial charge >= 0.3 is 24.2 Å². The molecule has 3 aliphatic heterocycles. The number of rotatable bonds is 13. The number of amides is 3. The van der Waals surface area contributed by atoms with E-state index in [9.17, 15) is 28.8 Å². The quantitative estimate of drug-likeness (QED) is 0.0474. The minimum atomic E-state index is -1.15. The maximum Gasteiger partial charge on any atom is 0.412 e. The number of aromatic carboxylic acids is 1. The number of nitrogens with two attached hydrogens (primary N) is 1. The molecule has 10 rings (SSSR count). The van der Waals surface area contributed by atoms with Crippen molar-refractivity contribution >= 4 is 65.2 Å². The molecule has 3 aromatic heterocycles. The smallest absolute Gasteiger partial charge is 0.412 e. The summed E-state index contributed by atoms with van der Waals surface area (Å²) in [5.74, 6) is -1.37. The van der Waals surface area contributed by atoms with E-state index in [1.54, 1.807) is 41.5 Å². The number of nitrogens with one attached hydrogen (secondary N) is 2. The second-order valence-corrected chi connectivity index (χ2v) is 24.3. The Morgan fingerprint density at radius 2 is 0.899 bits per heavy atom. The molecule has 0 unspecified atom stereocenters. The second kappa shape index (κ2) is 28.9. The zero-order valence-electron chi connectivity index (χ0n) is 51.9. The van der Waals surface area contributed by atoms with Gasteiger partial charge in [-0.15, -0.1) is 0 Å². The third kappa shape index (κ3) is 19.1. The van der Waals surface area contributed by atoms with E-state index < -0.39 is 28.9 Å². The summed E-state index contributed by atoms with van der Waals surface area (Å²) < 4.78 is 32.9. The van der Waals surface area contributed by atoms with Crippen LogP contribution in [0, 0.1) is 0 Å². The highest BCUT2D eigenvalue weighted by Gasteiger charge is 2.31. The van der Waals surface area contributed by atoms with Gasteiger partial charge in [-0.05, 0) is 120 Å². The first-order valence-electron chi connectivity index (χ1n) is 29.4. The summed E-state index contributed by atoms with van der Waals surface area (Å²) in [4.78, 5) is 95.1. The highest BCUT2D eigenvalue weighted by atomic mass is 16.6. The summed E-state index contributed by atoms with van der Waals surface area (Å²) in [6, 6.07) is 32.2. The summed E-state index contributed by atoms with van der Waals surface area (Å²) in [6.07, 6.45) is 2.96. The van der Waals surface area contributed by atoms with Gasteiger partial charge in [0, 0.05) is 103 Å². The minimum absolute atomic E-state index is 0.0210. The first kappa shape index (κ1) is 65.3. The number of carbonyl (C=O) groups excluding carboxylic acids is 5. The van der Waals surface area contributed by atoms with Crippen molar-refractivity contribution in [1.29, 1.82) is 0 Å². The van der Waals surface area contributed by atoms with Gasteiger partial charge in [-0.1, -0.05) is 72.8 Å². The lowest BCUT2D eigenvalue weighted by atomic mass is 9.98. The number of aromatic nitrogens is 3. The van der Waals surface area contributed by atoms with E-state index in [-0.39, 0.29) is 59.9 Å². The Kier molecular flexibility index (Phi) is 21.2. The van der Waals surface area contributed by atoms with Gasteiger partial charge in [0.25, 0.3) is 18.0 Å². The summed E-state index contributed by atoms with van der Waals surface area (Å²) in [7, 11) is 0. The molecule has 7 aromatic rings. The Labute approximate surface area is 517 Å². The van der Waals surface area contributed by atoms with Gasteiger partial charge < -0.3 is 68.1 Å². The SMILES string of the molecule is CC(C)(C)OC(=O)N1CCN(c2ncc(C(=O)O)o2)CC1.CC(C)(C)OC(=O)Nc1ccc(-c2ccccc2)cc1CC(=O)c1cnc(N2CCN(C(=O)OC(C)(C)C)CC2)o1.Nc1ccc(-c2ccccc2)cc1CC(=O)c1cnc(N2CCNCC2)o1. The number of nitrogen functional groups attached to an aromatic ring is 1.